The van der Waals surface area contributed by atoms with Gasteiger partial charge in [-0.1, -0.05) is 12.1 Å². The van der Waals surface area contributed by atoms with Crippen molar-refractivity contribution in [1.29, 1.82) is 0 Å². The van der Waals surface area contributed by atoms with Crippen molar-refractivity contribution in [2.75, 3.05) is 38.1 Å². The van der Waals surface area contributed by atoms with Gasteiger partial charge in [-0.3, -0.25) is 0 Å². The molecule has 6 nitrogen and oxygen atoms in total. The van der Waals surface area contributed by atoms with Gasteiger partial charge in [-0.05, 0) is 37.2 Å². The molecule has 0 radical (unpaired) electrons. The molecule has 1 aromatic carbocycles. The first kappa shape index (κ1) is 18.6. The summed E-state index contributed by atoms with van der Waals surface area (Å²) in [6, 6.07) is 8.40. The average molecular weight is 373 g/mol. The Morgan fingerprint density at radius 3 is 2.58 bits per heavy atom. The summed E-state index contributed by atoms with van der Waals surface area (Å²) in [5.74, 6) is 0.986. The Kier molecular flexibility index (Phi) is 5.46. The Hall–Kier alpha value is -2.15. The molecule has 138 valence electrons. The second-order valence-corrected chi connectivity index (χ2v) is 6.74. The van der Waals surface area contributed by atoms with Gasteiger partial charge >= 0.3 is 0 Å². The number of anilines is 1. The molecule has 2 aromatic heterocycles. The van der Waals surface area contributed by atoms with Crippen LogP contribution in [0.1, 0.15) is 11.1 Å². The molecule has 26 heavy (non-hydrogen) atoms. The second-order valence-electron chi connectivity index (χ2n) is 6.74. The number of nitrogens with zero attached hydrogens (tertiary/aromatic N) is 5. The summed E-state index contributed by atoms with van der Waals surface area (Å²) in [5.41, 5.74) is 11.3. The van der Waals surface area contributed by atoms with E-state index in [4.69, 9.17) is 10.7 Å². The van der Waals surface area contributed by atoms with Crippen LogP contribution in [0.15, 0.2) is 36.7 Å². The summed E-state index contributed by atoms with van der Waals surface area (Å²) in [6.45, 7) is 6.74. The highest BCUT2D eigenvalue weighted by Crippen LogP contribution is 2.27. The van der Waals surface area contributed by atoms with Gasteiger partial charge in [-0.15, -0.1) is 12.4 Å². The number of fused-ring (bicyclic) bond motifs is 1. The zero-order valence-corrected chi connectivity index (χ0v) is 16.0. The van der Waals surface area contributed by atoms with E-state index in [-0.39, 0.29) is 12.4 Å². The number of halogens is 1. The van der Waals surface area contributed by atoms with E-state index >= 15 is 0 Å². The van der Waals surface area contributed by atoms with Gasteiger partial charge in [-0.25, -0.2) is 9.50 Å². The minimum Gasteiger partial charge on any atom is -0.353 e. The number of nitrogens with two attached hydrogens (primary N) is 1. The zero-order valence-electron chi connectivity index (χ0n) is 15.2. The molecule has 0 unspecified atom stereocenters. The van der Waals surface area contributed by atoms with Gasteiger partial charge in [-0.2, -0.15) is 5.10 Å². The molecule has 0 saturated carbocycles. The molecular formula is C19H25ClN6. The number of likely N-dealkylation sites (N-methyl/N-ethyl adjacent to an activating group) is 1. The summed E-state index contributed by atoms with van der Waals surface area (Å²) in [7, 11) is 2.16. The maximum Gasteiger partial charge on any atom is 0.148 e. The highest BCUT2D eigenvalue weighted by atomic mass is 35.5. The molecular weight excluding hydrogens is 348 g/mol. The molecule has 0 amide bonds. The first-order valence-corrected chi connectivity index (χ1v) is 8.73. The van der Waals surface area contributed by atoms with Crippen LogP contribution in [0.4, 0.5) is 5.82 Å². The van der Waals surface area contributed by atoms with Crippen LogP contribution in [-0.2, 0) is 6.54 Å². The van der Waals surface area contributed by atoms with E-state index in [1.807, 2.05) is 23.0 Å². The van der Waals surface area contributed by atoms with Crippen LogP contribution in [0.25, 0.3) is 16.8 Å². The lowest BCUT2D eigenvalue weighted by Crippen LogP contribution is -2.44. The standard InChI is InChI=1S/C19H24N6.ClH/c1-14-11-15(3-4-16(14)12-20)19-17-5-6-21-25(17)13-18(22-19)24-9-7-23(2)8-10-24;/h3-6,11,13H,7-10,12,20H2,1-2H3;1H. The average Bonchev–Trinajstić information content (AvgIpc) is 3.10. The number of aromatic nitrogens is 3. The SMILES string of the molecule is Cc1cc(-c2nc(N3CCN(C)CC3)cn3nccc23)ccc1CN.Cl. The molecule has 3 heterocycles. The fourth-order valence-corrected chi connectivity index (χ4v) is 3.39. The van der Waals surface area contributed by atoms with Crippen molar-refractivity contribution < 1.29 is 0 Å². The first-order valence-electron chi connectivity index (χ1n) is 8.73. The predicted octanol–water partition coefficient (Wildman–Crippen LogP) is 2.34. The van der Waals surface area contributed by atoms with Crippen molar-refractivity contribution in [3.05, 3.63) is 47.8 Å². The zero-order chi connectivity index (χ0) is 17.4. The first-order chi connectivity index (χ1) is 12.2. The van der Waals surface area contributed by atoms with E-state index in [0.29, 0.717) is 6.54 Å². The normalized spacial score (nSPS) is 15.3. The maximum atomic E-state index is 5.81. The molecule has 1 fully saturated rings. The Labute approximate surface area is 160 Å². The van der Waals surface area contributed by atoms with Crippen LogP contribution in [-0.4, -0.2) is 52.7 Å². The fourth-order valence-electron chi connectivity index (χ4n) is 3.39. The van der Waals surface area contributed by atoms with Gasteiger partial charge in [0.25, 0.3) is 0 Å². The fraction of sp³-hybridized carbons (Fsp3) is 0.368. The number of benzene rings is 1. The molecule has 1 aliphatic rings. The van der Waals surface area contributed by atoms with Crippen molar-refractivity contribution in [2.45, 2.75) is 13.5 Å². The van der Waals surface area contributed by atoms with Gasteiger partial charge in [0.05, 0.1) is 23.6 Å². The van der Waals surface area contributed by atoms with Crippen LogP contribution in [0.5, 0.6) is 0 Å². The topological polar surface area (TPSA) is 62.7 Å². The van der Waals surface area contributed by atoms with E-state index < -0.39 is 0 Å². The summed E-state index contributed by atoms with van der Waals surface area (Å²) in [5, 5.41) is 4.45. The molecule has 2 N–H and O–H groups in total. The van der Waals surface area contributed by atoms with Crippen LogP contribution in [0, 0.1) is 6.92 Å². The van der Waals surface area contributed by atoms with Gasteiger partial charge in [0.15, 0.2) is 0 Å². The molecule has 0 atom stereocenters. The number of hydrogen-bond acceptors (Lipinski definition) is 5. The van der Waals surface area contributed by atoms with Crippen LogP contribution < -0.4 is 10.6 Å². The van der Waals surface area contributed by atoms with Gasteiger partial charge in [0.2, 0.25) is 0 Å². The quantitative estimate of drug-likeness (QED) is 0.764. The van der Waals surface area contributed by atoms with Gasteiger partial charge in [0, 0.05) is 38.3 Å². The lowest BCUT2D eigenvalue weighted by molar-refractivity contribution is 0.312. The van der Waals surface area contributed by atoms with E-state index in [0.717, 1.165) is 48.8 Å². The second kappa shape index (κ2) is 7.61. The van der Waals surface area contributed by atoms with Crippen LogP contribution >= 0.6 is 12.4 Å². The predicted molar refractivity (Wildman–Crippen MR) is 108 cm³/mol. The molecule has 0 aliphatic carbocycles. The summed E-state index contributed by atoms with van der Waals surface area (Å²) < 4.78 is 1.93. The Morgan fingerprint density at radius 2 is 1.88 bits per heavy atom. The van der Waals surface area contributed by atoms with E-state index in [2.05, 4.69) is 47.1 Å². The van der Waals surface area contributed by atoms with Crippen molar-refractivity contribution in [1.82, 2.24) is 19.5 Å². The molecule has 0 spiro atoms. The number of hydrogen-bond donors (Lipinski definition) is 1. The smallest absolute Gasteiger partial charge is 0.148 e. The van der Waals surface area contributed by atoms with Crippen LogP contribution in [0.2, 0.25) is 0 Å². The van der Waals surface area contributed by atoms with E-state index in [1.165, 1.54) is 11.1 Å². The Morgan fingerprint density at radius 1 is 1.12 bits per heavy atom. The van der Waals surface area contributed by atoms with Crippen molar-refractivity contribution >= 4 is 23.7 Å². The minimum atomic E-state index is 0. The Balaban J connectivity index is 0.00000196. The number of rotatable bonds is 3. The minimum absolute atomic E-state index is 0. The lowest BCUT2D eigenvalue weighted by Gasteiger charge is -2.33. The summed E-state index contributed by atoms with van der Waals surface area (Å²) in [6.07, 6.45) is 3.86. The van der Waals surface area contributed by atoms with Gasteiger partial charge in [0.1, 0.15) is 5.82 Å². The summed E-state index contributed by atoms with van der Waals surface area (Å²) in [4.78, 5) is 9.69. The van der Waals surface area contributed by atoms with E-state index in [9.17, 15) is 0 Å². The third-order valence-corrected chi connectivity index (χ3v) is 5.04. The lowest BCUT2D eigenvalue weighted by atomic mass is 10.0. The number of piperazine rings is 1. The molecule has 0 bridgehead atoms. The molecule has 1 saturated heterocycles. The molecule has 3 aromatic rings. The molecule has 4 rings (SSSR count). The third kappa shape index (κ3) is 3.40. The largest absolute Gasteiger partial charge is 0.353 e. The highest BCUT2D eigenvalue weighted by Gasteiger charge is 2.18. The van der Waals surface area contributed by atoms with Crippen molar-refractivity contribution in [2.24, 2.45) is 5.73 Å². The number of aryl methyl sites for hydroxylation is 1. The highest BCUT2D eigenvalue weighted by molar-refractivity contribution is 5.85. The summed E-state index contributed by atoms with van der Waals surface area (Å²) >= 11 is 0. The third-order valence-electron chi connectivity index (χ3n) is 5.04. The van der Waals surface area contributed by atoms with Crippen LogP contribution in [0.3, 0.4) is 0 Å². The van der Waals surface area contributed by atoms with E-state index in [1.54, 1.807) is 0 Å². The molecule has 1 aliphatic heterocycles. The molecule has 7 heteroatoms. The van der Waals surface area contributed by atoms with Gasteiger partial charge < -0.3 is 15.5 Å². The van der Waals surface area contributed by atoms with Crippen molar-refractivity contribution in [3.8, 4) is 11.3 Å². The Bertz CT molecular complexity index is 898. The van der Waals surface area contributed by atoms with Crippen molar-refractivity contribution in [3.63, 3.8) is 0 Å². The maximum absolute atomic E-state index is 5.81. The monoisotopic (exact) mass is 372 g/mol.